The molecule has 88 valence electrons. The quantitative estimate of drug-likeness (QED) is 0.852. The molecule has 0 fully saturated rings. The molecule has 1 aromatic carbocycles. The molecule has 17 heavy (non-hydrogen) atoms. The van der Waals surface area contributed by atoms with Gasteiger partial charge in [0.15, 0.2) is 0 Å². The maximum atomic E-state index is 9.56. The van der Waals surface area contributed by atoms with E-state index in [1.807, 2.05) is 41.1 Å². The van der Waals surface area contributed by atoms with Crippen LogP contribution in [0.2, 0.25) is 0 Å². The lowest BCUT2D eigenvalue weighted by Crippen LogP contribution is -2.02. The number of rotatable bonds is 4. The Balaban J connectivity index is 2.03. The van der Waals surface area contributed by atoms with Crippen molar-refractivity contribution in [3.8, 4) is 0 Å². The van der Waals surface area contributed by atoms with Crippen molar-refractivity contribution in [2.45, 2.75) is 19.6 Å². The number of hydrogen-bond acceptors (Lipinski definition) is 1. The third-order valence-corrected chi connectivity index (χ3v) is 2.70. The second kappa shape index (κ2) is 5.51. The monoisotopic (exact) mass is 227 g/mol. The summed E-state index contributed by atoms with van der Waals surface area (Å²) in [4.78, 5) is 0. The van der Waals surface area contributed by atoms with Gasteiger partial charge in [-0.2, -0.15) is 0 Å². The Morgan fingerprint density at radius 1 is 1.18 bits per heavy atom. The molecule has 0 saturated carbocycles. The molecule has 0 amide bonds. The Kier molecular flexibility index (Phi) is 3.78. The molecule has 0 aliphatic carbocycles. The van der Waals surface area contributed by atoms with Crippen molar-refractivity contribution in [1.82, 2.24) is 4.57 Å². The number of nitrogens with zero attached hydrogens (tertiary/aromatic N) is 1. The molecule has 1 N–H and O–H groups in total. The molecule has 0 aliphatic rings. The number of hydrogen-bond donors (Lipinski definition) is 1. The molecule has 2 aromatic rings. The van der Waals surface area contributed by atoms with E-state index in [4.69, 9.17) is 0 Å². The van der Waals surface area contributed by atoms with Crippen molar-refractivity contribution in [3.05, 3.63) is 66.0 Å². The topological polar surface area (TPSA) is 25.2 Å². The Morgan fingerprint density at radius 3 is 2.65 bits per heavy atom. The molecule has 1 unspecified atom stereocenters. The van der Waals surface area contributed by atoms with Crippen LogP contribution in [0.4, 0.5) is 0 Å². The second-order valence-electron chi connectivity index (χ2n) is 4.07. The fourth-order valence-electron chi connectivity index (χ4n) is 1.84. The Morgan fingerprint density at radius 2 is 1.94 bits per heavy atom. The SMILES string of the molecule is CC(O)c1cccn1CC=Cc1ccccc1. The molecule has 1 aromatic heterocycles. The molecular weight excluding hydrogens is 210 g/mol. The number of aromatic nitrogens is 1. The first-order valence-corrected chi connectivity index (χ1v) is 5.82. The first-order valence-electron chi connectivity index (χ1n) is 5.82. The van der Waals surface area contributed by atoms with Crippen molar-refractivity contribution < 1.29 is 5.11 Å². The highest BCUT2D eigenvalue weighted by Gasteiger charge is 2.04. The molecule has 0 aliphatic heterocycles. The third kappa shape index (κ3) is 3.08. The van der Waals surface area contributed by atoms with Gasteiger partial charge in [-0.05, 0) is 24.6 Å². The van der Waals surface area contributed by atoms with Gasteiger partial charge >= 0.3 is 0 Å². The number of allylic oxidation sites excluding steroid dienone is 1. The first kappa shape index (κ1) is 11.7. The molecule has 1 heterocycles. The highest BCUT2D eigenvalue weighted by molar-refractivity contribution is 5.48. The fraction of sp³-hybridized carbons (Fsp3) is 0.200. The van der Waals surface area contributed by atoms with E-state index in [9.17, 15) is 5.11 Å². The van der Waals surface area contributed by atoms with Crippen LogP contribution in [-0.2, 0) is 6.54 Å². The van der Waals surface area contributed by atoms with E-state index in [1.54, 1.807) is 6.92 Å². The van der Waals surface area contributed by atoms with Crippen LogP contribution in [0, 0.1) is 0 Å². The Labute approximate surface area is 102 Å². The Bertz CT molecular complexity index is 483. The minimum Gasteiger partial charge on any atom is -0.387 e. The van der Waals surface area contributed by atoms with Crippen LogP contribution < -0.4 is 0 Å². The zero-order valence-corrected chi connectivity index (χ0v) is 9.95. The van der Waals surface area contributed by atoms with E-state index in [2.05, 4.69) is 24.3 Å². The highest BCUT2D eigenvalue weighted by atomic mass is 16.3. The van der Waals surface area contributed by atoms with Gasteiger partial charge in [-0.25, -0.2) is 0 Å². The van der Waals surface area contributed by atoms with Crippen molar-refractivity contribution in [1.29, 1.82) is 0 Å². The first-order chi connectivity index (χ1) is 8.27. The van der Waals surface area contributed by atoms with Gasteiger partial charge in [0, 0.05) is 18.4 Å². The van der Waals surface area contributed by atoms with Crippen LogP contribution in [0.3, 0.4) is 0 Å². The molecule has 2 rings (SSSR count). The van der Waals surface area contributed by atoms with E-state index in [0.29, 0.717) is 0 Å². The number of aliphatic hydroxyl groups is 1. The molecule has 0 spiro atoms. The fourth-order valence-corrected chi connectivity index (χ4v) is 1.84. The molecule has 1 atom stereocenters. The minimum absolute atomic E-state index is 0.421. The van der Waals surface area contributed by atoms with Crippen LogP contribution >= 0.6 is 0 Å². The van der Waals surface area contributed by atoms with Gasteiger partial charge < -0.3 is 9.67 Å². The van der Waals surface area contributed by atoms with Gasteiger partial charge in [-0.3, -0.25) is 0 Å². The maximum absolute atomic E-state index is 9.56. The smallest absolute Gasteiger partial charge is 0.0911 e. The van der Waals surface area contributed by atoms with Crippen LogP contribution in [0.1, 0.15) is 24.3 Å². The lowest BCUT2D eigenvalue weighted by molar-refractivity contribution is 0.190. The summed E-state index contributed by atoms with van der Waals surface area (Å²) in [5.41, 5.74) is 2.14. The molecular formula is C15H17NO. The summed E-state index contributed by atoms with van der Waals surface area (Å²) in [6.45, 7) is 2.56. The van der Waals surface area contributed by atoms with E-state index in [-0.39, 0.29) is 0 Å². The van der Waals surface area contributed by atoms with Crippen LogP contribution in [-0.4, -0.2) is 9.67 Å². The average molecular weight is 227 g/mol. The van der Waals surface area contributed by atoms with Gasteiger partial charge in [0.05, 0.1) is 6.10 Å². The Hall–Kier alpha value is -1.80. The lowest BCUT2D eigenvalue weighted by atomic mass is 10.2. The minimum atomic E-state index is -0.421. The van der Waals surface area contributed by atoms with E-state index >= 15 is 0 Å². The van der Waals surface area contributed by atoms with Gasteiger partial charge in [0.2, 0.25) is 0 Å². The van der Waals surface area contributed by atoms with Crippen LogP contribution in [0.25, 0.3) is 6.08 Å². The summed E-state index contributed by atoms with van der Waals surface area (Å²) in [5, 5.41) is 9.56. The summed E-state index contributed by atoms with van der Waals surface area (Å²) in [7, 11) is 0. The second-order valence-corrected chi connectivity index (χ2v) is 4.07. The van der Waals surface area contributed by atoms with Gasteiger partial charge in [-0.15, -0.1) is 0 Å². The molecule has 0 saturated heterocycles. The largest absolute Gasteiger partial charge is 0.387 e. The molecule has 2 nitrogen and oxygen atoms in total. The summed E-state index contributed by atoms with van der Waals surface area (Å²) < 4.78 is 2.05. The summed E-state index contributed by atoms with van der Waals surface area (Å²) >= 11 is 0. The highest BCUT2D eigenvalue weighted by Crippen LogP contribution is 2.13. The van der Waals surface area contributed by atoms with Gasteiger partial charge in [0.1, 0.15) is 0 Å². The molecule has 0 radical (unpaired) electrons. The maximum Gasteiger partial charge on any atom is 0.0911 e. The van der Waals surface area contributed by atoms with E-state index in [1.165, 1.54) is 5.56 Å². The average Bonchev–Trinajstić information content (AvgIpc) is 2.79. The number of benzene rings is 1. The van der Waals surface area contributed by atoms with Crippen LogP contribution in [0.15, 0.2) is 54.7 Å². The molecule has 2 heteroatoms. The predicted octanol–water partition coefficient (Wildman–Crippen LogP) is 3.25. The third-order valence-electron chi connectivity index (χ3n) is 2.70. The number of aliphatic hydroxyl groups excluding tert-OH is 1. The molecule has 0 bridgehead atoms. The van der Waals surface area contributed by atoms with Crippen LogP contribution in [0.5, 0.6) is 0 Å². The van der Waals surface area contributed by atoms with E-state index in [0.717, 1.165) is 12.2 Å². The zero-order chi connectivity index (χ0) is 12.1. The van der Waals surface area contributed by atoms with Crippen molar-refractivity contribution in [2.75, 3.05) is 0 Å². The standard InChI is InChI=1S/C15H17NO/c1-13(17)15-10-6-12-16(15)11-5-9-14-7-3-2-4-8-14/h2-10,12-13,17H,11H2,1H3. The van der Waals surface area contributed by atoms with Gasteiger partial charge in [0.25, 0.3) is 0 Å². The van der Waals surface area contributed by atoms with Crippen molar-refractivity contribution in [2.24, 2.45) is 0 Å². The lowest BCUT2D eigenvalue weighted by Gasteiger charge is -2.08. The predicted molar refractivity (Wildman–Crippen MR) is 70.5 cm³/mol. The van der Waals surface area contributed by atoms with Gasteiger partial charge in [-0.1, -0.05) is 42.5 Å². The van der Waals surface area contributed by atoms with Crippen molar-refractivity contribution >= 4 is 6.08 Å². The summed E-state index contributed by atoms with van der Waals surface area (Å²) in [5.74, 6) is 0. The van der Waals surface area contributed by atoms with E-state index < -0.39 is 6.10 Å². The summed E-state index contributed by atoms with van der Waals surface area (Å²) in [6, 6.07) is 14.1. The normalized spacial score (nSPS) is 13.1. The van der Waals surface area contributed by atoms with Crippen molar-refractivity contribution in [3.63, 3.8) is 0 Å². The zero-order valence-electron chi connectivity index (χ0n) is 9.95. The summed E-state index contributed by atoms with van der Waals surface area (Å²) in [6.07, 6.45) is 5.75.